The largest absolute Gasteiger partial charge is 0.322 e. The third kappa shape index (κ3) is 4.49. The molecule has 1 heterocycles. The second-order valence-electron chi connectivity index (χ2n) is 6.79. The molecule has 3 nitrogen and oxygen atoms in total. The average molecular weight is 364 g/mol. The van der Waals surface area contributed by atoms with E-state index in [2.05, 4.69) is 11.1 Å². The molecule has 4 heteroatoms. The van der Waals surface area contributed by atoms with Crippen molar-refractivity contribution in [1.82, 2.24) is 4.98 Å². The number of nitrogens with zero attached hydrogens (tertiary/aromatic N) is 2. The Morgan fingerprint density at radius 2 is 1.65 bits per heavy atom. The number of hydrogen-bond acceptors (Lipinski definition) is 3. The first-order chi connectivity index (χ1) is 12.0. The second kappa shape index (κ2) is 8.14. The summed E-state index contributed by atoms with van der Waals surface area (Å²) in [6, 6.07) is 22.4. The fourth-order valence-corrected chi connectivity index (χ4v) is 2.77. The van der Waals surface area contributed by atoms with E-state index in [9.17, 15) is 5.26 Å². The number of pyridine rings is 1. The van der Waals surface area contributed by atoms with Gasteiger partial charge in [-0.15, -0.1) is 12.4 Å². The SMILES string of the molecule is CC(C)(N)c1ccc(-c2cnc(Cc3ccccc3)c(C#N)c2)cc1.Cl. The highest BCUT2D eigenvalue weighted by atomic mass is 35.5. The van der Waals surface area contributed by atoms with Crippen molar-refractivity contribution in [2.24, 2.45) is 5.73 Å². The summed E-state index contributed by atoms with van der Waals surface area (Å²) in [5.41, 5.74) is 11.4. The van der Waals surface area contributed by atoms with Crippen LogP contribution < -0.4 is 5.73 Å². The van der Waals surface area contributed by atoms with Crippen molar-refractivity contribution in [1.29, 1.82) is 5.26 Å². The van der Waals surface area contributed by atoms with Crippen LogP contribution in [0.25, 0.3) is 11.1 Å². The molecule has 0 spiro atoms. The number of hydrogen-bond donors (Lipinski definition) is 1. The molecule has 2 N–H and O–H groups in total. The summed E-state index contributed by atoms with van der Waals surface area (Å²) in [5, 5.41) is 9.51. The Balaban J connectivity index is 0.00000243. The van der Waals surface area contributed by atoms with Gasteiger partial charge in [-0.3, -0.25) is 4.98 Å². The summed E-state index contributed by atoms with van der Waals surface area (Å²) in [6.07, 6.45) is 2.49. The van der Waals surface area contributed by atoms with Crippen molar-refractivity contribution in [3.05, 3.63) is 89.2 Å². The van der Waals surface area contributed by atoms with E-state index in [-0.39, 0.29) is 17.9 Å². The van der Waals surface area contributed by atoms with Crippen LogP contribution in [0.3, 0.4) is 0 Å². The quantitative estimate of drug-likeness (QED) is 0.722. The van der Waals surface area contributed by atoms with Gasteiger partial charge in [-0.25, -0.2) is 0 Å². The predicted octanol–water partition coefficient (Wildman–Crippen LogP) is 4.83. The summed E-state index contributed by atoms with van der Waals surface area (Å²) < 4.78 is 0. The van der Waals surface area contributed by atoms with Gasteiger partial charge in [0, 0.05) is 23.7 Å². The standard InChI is InChI=1S/C22H21N3.ClH/c1-22(2,24)20-10-8-17(9-11-20)19-13-18(14-23)21(25-15-19)12-16-6-4-3-5-7-16;/h3-11,13,15H,12,24H2,1-2H3;1H. The van der Waals surface area contributed by atoms with Crippen LogP contribution in [0.1, 0.15) is 36.2 Å². The third-order valence-corrected chi connectivity index (χ3v) is 4.27. The molecule has 0 aliphatic carbocycles. The highest BCUT2D eigenvalue weighted by molar-refractivity contribution is 5.85. The topological polar surface area (TPSA) is 62.7 Å². The van der Waals surface area contributed by atoms with E-state index in [1.54, 1.807) is 0 Å². The lowest BCUT2D eigenvalue weighted by molar-refractivity contribution is 0.554. The highest BCUT2D eigenvalue weighted by Crippen LogP contribution is 2.25. The summed E-state index contributed by atoms with van der Waals surface area (Å²) in [7, 11) is 0. The van der Waals surface area contributed by atoms with Crippen molar-refractivity contribution in [2.45, 2.75) is 25.8 Å². The summed E-state index contributed by atoms with van der Waals surface area (Å²) in [5.74, 6) is 0. The molecule has 26 heavy (non-hydrogen) atoms. The molecule has 0 radical (unpaired) electrons. The molecule has 0 saturated carbocycles. The Bertz CT molecular complexity index is 905. The molecular formula is C22H22ClN3. The number of benzene rings is 2. The lowest BCUT2D eigenvalue weighted by Gasteiger charge is -2.19. The molecule has 1 aromatic heterocycles. The minimum Gasteiger partial charge on any atom is -0.322 e. The molecule has 2 aromatic carbocycles. The Hall–Kier alpha value is -2.67. The van der Waals surface area contributed by atoms with Crippen LogP contribution in [0.4, 0.5) is 0 Å². The molecule has 0 saturated heterocycles. The van der Waals surface area contributed by atoms with Crippen molar-refractivity contribution < 1.29 is 0 Å². The zero-order chi connectivity index (χ0) is 17.9. The van der Waals surface area contributed by atoms with E-state index < -0.39 is 0 Å². The second-order valence-corrected chi connectivity index (χ2v) is 6.79. The normalized spacial score (nSPS) is 10.7. The molecule has 3 rings (SSSR count). The smallest absolute Gasteiger partial charge is 0.101 e. The minimum absolute atomic E-state index is 0. The lowest BCUT2D eigenvalue weighted by atomic mass is 9.93. The number of nitrogens with two attached hydrogens (primary N) is 1. The maximum absolute atomic E-state index is 9.51. The zero-order valence-corrected chi connectivity index (χ0v) is 15.8. The zero-order valence-electron chi connectivity index (χ0n) is 14.9. The first kappa shape index (κ1) is 19.7. The van der Waals surface area contributed by atoms with Crippen molar-refractivity contribution >= 4 is 12.4 Å². The number of rotatable bonds is 4. The molecule has 0 fully saturated rings. The van der Waals surface area contributed by atoms with Crippen LogP contribution in [0.2, 0.25) is 0 Å². The summed E-state index contributed by atoms with van der Waals surface area (Å²) >= 11 is 0. The maximum atomic E-state index is 9.51. The third-order valence-electron chi connectivity index (χ3n) is 4.27. The molecule has 3 aromatic rings. The van der Waals surface area contributed by atoms with Crippen LogP contribution in [0.15, 0.2) is 66.9 Å². The molecule has 0 amide bonds. The number of nitriles is 1. The van der Waals surface area contributed by atoms with Crippen LogP contribution >= 0.6 is 12.4 Å². The molecule has 132 valence electrons. The maximum Gasteiger partial charge on any atom is 0.101 e. The van der Waals surface area contributed by atoms with E-state index in [4.69, 9.17) is 5.73 Å². The summed E-state index contributed by atoms with van der Waals surface area (Å²) in [6.45, 7) is 3.96. The van der Waals surface area contributed by atoms with Crippen molar-refractivity contribution in [2.75, 3.05) is 0 Å². The molecule has 0 unspecified atom stereocenters. The molecule has 0 aliphatic rings. The summed E-state index contributed by atoms with van der Waals surface area (Å²) in [4.78, 5) is 4.55. The first-order valence-electron chi connectivity index (χ1n) is 8.30. The molecule has 0 atom stereocenters. The Labute approximate surface area is 160 Å². The van der Waals surface area contributed by atoms with Gasteiger partial charge in [0.15, 0.2) is 0 Å². The van der Waals surface area contributed by atoms with Gasteiger partial charge in [0.05, 0.1) is 11.3 Å². The van der Waals surface area contributed by atoms with Crippen LogP contribution in [0, 0.1) is 11.3 Å². The van der Waals surface area contributed by atoms with E-state index in [0.29, 0.717) is 12.0 Å². The van der Waals surface area contributed by atoms with Gasteiger partial charge >= 0.3 is 0 Å². The van der Waals surface area contributed by atoms with Gasteiger partial charge in [0.1, 0.15) is 6.07 Å². The number of aromatic nitrogens is 1. The van der Waals surface area contributed by atoms with Gasteiger partial charge in [-0.1, -0.05) is 54.6 Å². The van der Waals surface area contributed by atoms with Gasteiger partial charge in [0.25, 0.3) is 0 Å². The average Bonchev–Trinajstić information content (AvgIpc) is 2.62. The molecular weight excluding hydrogens is 342 g/mol. The highest BCUT2D eigenvalue weighted by Gasteiger charge is 2.14. The van der Waals surface area contributed by atoms with Gasteiger partial charge in [0.2, 0.25) is 0 Å². The van der Waals surface area contributed by atoms with E-state index in [1.165, 1.54) is 0 Å². The van der Waals surface area contributed by atoms with E-state index >= 15 is 0 Å². The molecule has 0 aliphatic heterocycles. The van der Waals surface area contributed by atoms with E-state index in [1.807, 2.05) is 80.7 Å². The van der Waals surface area contributed by atoms with Crippen LogP contribution in [-0.4, -0.2) is 4.98 Å². The fourth-order valence-electron chi connectivity index (χ4n) is 2.77. The van der Waals surface area contributed by atoms with E-state index in [0.717, 1.165) is 27.9 Å². The fraction of sp³-hybridized carbons (Fsp3) is 0.182. The van der Waals surface area contributed by atoms with Crippen molar-refractivity contribution in [3.8, 4) is 17.2 Å². The lowest BCUT2D eigenvalue weighted by Crippen LogP contribution is -2.28. The number of halogens is 1. The Morgan fingerprint density at radius 3 is 2.23 bits per heavy atom. The molecule has 0 bridgehead atoms. The monoisotopic (exact) mass is 363 g/mol. The Kier molecular flexibility index (Phi) is 6.15. The first-order valence-corrected chi connectivity index (χ1v) is 8.30. The van der Waals surface area contributed by atoms with Gasteiger partial charge in [-0.2, -0.15) is 5.26 Å². The van der Waals surface area contributed by atoms with Gasteiger partial charge < -0.3 is 5.73 Å². The predicted molar refractivity (Wildman–Crippen MR) is 108 cm³/mol. The Morgan fingerprint density at radius 1 is 1.00 bits per heavy atom. The van der Waals surface area contributed by atoms with Crippen LogP contribution in [-0.2, 0) is 12.0 Å². The van der Waals surface area contributed by atoms with Crippen molar-refractivity contribution in [3.63, 3.8) is 0 Å². The van der Waals surface area contributed by atoms with Gasteiger partial charge in [-0.05, 0) is 36.6 Å². The van der Waals surface area contributed by atoms with Crippen LogP contribution in [0.5, 0.6) is 0 Å². The minimum atomic E-state index is -0.367.